The predicted molar refractivity (Wildman–Crippen MR) is 79.3 cm³/mol. The maximum absolute atomic E-state index is 12.3. The Labute approximate surface area is 116 Å². The first-order chi connectivity index (χ1) is 8.81. The van der Waals surface area contributed by atoms with Crippen LogP contribution in [0.15, 0.2) is 12.1 Å². The molecule has 1 aromatic rings. The molecule has 0 atom stereocenters. The number of ketones is 1. The average Bonchev–Trinajstić information content (AvgIpc) is 2.33. The van der Waals surface area contributed by atoms with Crippen LogP contribution in [0.4, 0.5) is 0 Å². The summed E-state index contributed by atoms with van der Waals surface area (Å²) < 4.78 is 5.52. The van der Waals surface area contributed by atoms with E-state index in [1.54, 1.807) is 7.11 Å². The quantitative estimate of drug-likeness (QED) is 0.830. The third-order valence-electron chi connectivity index (χ3n) is 3.15. The number of hydrogen-bond acceptors (Lipinski definition) is 3. The van der Waals surface area contributed by atoms with Crippen LogP contribution < -0.4 is 10.1 Å². The second-order valence-corrected chi connectivity index (χ2v) is 5.92. The van der Waals surface area contributed by atoms with Crippen LogP contribution in [0.5, 0.6) is 5.75 Å². The van der Waals surface area contributed by atoms with E-state index in [4.69, 9.17) is 4.74 Å². The zero-order valence-electron chi connectivity index (χ0n) is 12.9. The zero-order valence-corrected chi connectivity index (χ0v) is 12.9. The molecule has 0 spiro atoms. The van der Waals surface area contributed by atoms with Gasteiger partial charge in [-0.25, -0.2) is 0 Å². The molecule has 1 aromatic carbocycles. The molecule has 1 rings (SSSR count). The van der Waals surface area contributed by atoms with Crippen molar-refractivity contribution in [2.45, 2.75) is 39.5 Å². The van der Waals surface area contributed by atoms with Crippen LogP contribution >= 0.6 is 0 Å². The van der Waals surface area contributed by atoms with Gasteiger partial charge in [0.05, 0.1) is 12.7 Å². The van der Waals surface area contributed by atoms with Crippen molar-refractivity contribution < 1.29 is 9.53 Å². The summed E-state index contributed by atoms with van der Waals surface area (Å²) in [6.45, 7) is 9.09. The summed E-state index contributed by atoms with van der Waals surface area (Å²) in [5.74, 6) is 0.847. The van der Waals surface area contributed by atoms with Crippen LogP contribution in [0, 0.1) is 6.92 Å². The Kier molecular flexibility index (Phi) is 5.12. The van der Waals surface area contributed by atoms with Gasteiger partial charge in [-0.05, 0) is 31.0 Å². The molecule has 0 saturated carbocycles. The number of nitrogens with one attached hydrogen (secondary N) is 1. The van der Waals surface area contributed by atoms with Crippen LogP contribution in [0.2, 0.25) is 0 Å². The number of methoxy groups -OCH3 is 1. The van der Waals surface area contributed by atoms with Gasteiger partial charge in [0.25, 0.3) is 0 Å². The third-order valence-corrected chi connectivity index (χ3v) is 3.15. The molecule has 0 aliphatic rings. The molecule has 0 bridgehead atoms. The fraction of sp³-hybridized carbons (Fsp3) is 0.562. The van der Waals surface area contributed by atoms with E-state index in [-0.39, 0.29) is 11.2 Å². The van der Waals surface area contributed by atoms with Crippen LogP contribution in [0.25, 0.3) is 0 Å². The Morgan fingerprint density at radius 3 is 2.42 bits per heavy atom. The summed E-state index contributed by atoms with van der Waals surface area (Å²) in [7, 11) is 3.48. The molecule has 0 aromatic heterocycles. The first-order valence-electron chi connectivity index (χ1n) is 6.68. The molecular weight excluding hydrogens is 238 g/mol. The summed E-state index contributed by atoms with van der Waals surface area (Å²) in [5.41, 5.74) is 2.83. The largest absolute Gasteiger partial charge is 0.496 e. The van der Waals surface area contributed by atoms with Crippen LogP contribution in [0.3, 0.4) is 0 Å². The van der Waals surface area contributed by atoms with Gasteiger partial charge in [-0.15, -0.1) is 0 Å². The Morgan fingerprint density at radius 1 is 1.32 bits per heavy atom. The normalized spacial score (nSPS) is 11.5. The van der Waals surface area contributed by atoms with Gasteiger partial charge in [-0.3, -0.25) is 4.79 Å². The highest BCUT2D eigenvalue weighted by molar-refractivity contribution is 5.99. The van der Waals surface area contributed by atoms with Gasteiger partial charge in [0.1, 0.15) is 5.75 Å². The number of hydrogen-bond donors (Lipinski definition) is 1. The highest BCUT2D eigenvalue weighted by Gasteiger charge is 2.24. The van der Waals surface area contributed by atoms with E-state index in [2.05, 4.69) is 32.2 Å². The Hall–Kier alpha value is -1.35. The lowest BCUT2D eigenvalue weighted by Gasteiger charge is -2.24. The van der Waals surface area contributed by atoms with Crippen molar-refractivity contribution in [3.63, 3.8) is 0 Å². The summed E-state index contributed by atoms with van der Waals surface area (Å²) >= 11 is 0. The van der Waals surface area contributed by atoms with Crippen LogP contribution in [0.1, 0.15) is 48.7 Å². The Morgan fingerprint density at radius 2 is 1.95 bits per heavy atom. The zero-order chi connectivity index (χ0) is 14.6. The van der Waals surface area contributed by atoms with Crippen molar-refractivity contribution in [3.8, 4) is 5.75 Å². The molecule has 0 fully saturated rings. The van der Waals surface area contributed by atoms with Crippen LogP contribution in [-0.4, -0.2) is 26.5 Å². The lowest BCUT2D eigenvalue weighted by molar-refractivity contribution is 0.0980. The molecule has 3 nitrogen and oxygen atoms in total. The van der Waals surface area contributed by atoms with Crippen molar-refractivity contribution in [2.75, 3.05) is 20.7 Å². The molecular formula is C16H25NO2. The minimum atomic E-state index is -0.0462. The number of ether oxygens (including phenoxy) is 1. The highest BCUT2D eigenvalue weighted by atomic mass is 16.5. The standard InChI is InChI=1S/C16H25NO2/c1-11-9-12(14(18)7-8-17-5)15(19-6)13(10-11)16(2,3)4/h9-10,17H,7-8H2,1-6H3. The fourth-order valence-corrected chi connectivity index (χ4v) is 2.13. The fourth-order valence-electron chi connectivity index (χ4n) is 2.13. The first kappa shape index (κ1) is 15.7. The molecule has 0 aliphatic heterocycles. The van der Waals surface area contributed by atoms with Gasteiger partial charge in [0, 0.05) is 18.5 Å². The average molecular weight is 263 g/mol. The second-order valence-electron chi connectivity index (χ2n) is 5.92. The SMILES string of the molecule is CNCCC(=O)c1cc(C)cc(C(C)(C)C)c1OC. The molecule has 0 unspecified atom stereocenters. The summed E-state index contributed by atoms with van der Waals surface area (Å²) in [6, 6.07) is 4.03. The smallest absolute Gasteiger partial charge is 0.167 e. The maximum atomic E-state index is 12.3. The monoisotopic (exact) mass is 263 g/mol. The number of aryl methyl sites for hydroxylation is 1. The molecule has 3 heteroatoms. The minimum absolute atomic E-state index is 0.0462. The molecule has 0 radical (unpaired) electrons. The number of benzene rings is 1. The van der Waals surface area contributed by atoms with E-state index < -0.39 is 0 Å². The van der Waals surface area contributed by atoms with Crippen molar-refractivity contribution in [1.82, 2.24) is 5.32 Å². The van der Waals surface area contributed by atoms with Crippen molar-refractivity contribution in [2.24, 2.45) is 0 Å². The number of carbonyl (C=O) groups excluding carboxylic acids is 1. The molecule has 0 aliphatic carbocycles. The highest BCUT2D eigenvalue weighted by Crippen LogP contribution is 2.35. The van der Waals surface area contributed by atoms with Crippen LogP contribution in [-0.2, 0) is 5.41 Å². The first-order valence-corrected chi connectivity index (χ1v) is 6.68. The second kappa shape index (κ2) is 6.20. The number of carbonyl (C=O) groups is 1. The van der Waals surface area contributed by atoms with E-state index >= 15 is 0 Å². The lowest BCUT2D eigenvalue weighted by atomic mass is 9.83. The van der Waals surface area contributed by atoms with Crippen molar-refractivity contribution in [1.29, 1.82) is 0 Å². The maximum Gasteiger partial charge on any atom is 0.167 e. The van der Waals surface area contributed by atoms with Crippen molar-refractivity contribution >= 4 is 5.78 Å². The topological polar surface area (TPSA) is 38.3 Å². The molecule has 1 N–H and O–H groups in total. The molecule has 106 valence electrons. The van der Waals surface area contributed by atoms with Gasteiger partial charge in [0.2, 0.25) is 0 Å². The Balaban J connectivity index is 3.31. The minimum Gasteiger partial charge on any atom is -0.496 e. The van der Waals surface area contributed by atoms with Gasteiger partial charge in [-0.2, -0.15) is 0 Å². The molecule has 19 heavy (non-hydrogen) atoms. The summed E-state index contributed by atoms with van der Waals surface area (Å²) in [4.78, 5) is 12.3. The van der Waals surface area contributed by atoms with E-state index in [1.807, 2.05) is 20.0 Å². The summed E-state index contributed by atoms with van der Waals surface area (Å²) in [6.07, 6.45) is 0.486. The van der Waals surface area contributed by atoms with Gasteiger partial charge in [-0.1, -0.05) is 26.8 Å². The Bertz CT molecular complexity index is 459. The molecule has 0 saturated heterocycles. The van der Waals surface area contributed by atoms with E-state index in [0.717, 1.165) is 16.9 Å². The predicted octanol–water partition coefficient (Wildman–Crippen LogP) is 3.09. The van der Waals surface area contributed by atoms with E-state index in [9.17, 15) is 4.79 Å². The summed E-state index contributed by atoms with van der Waals surface area (Å²) in [5, 5.41) is 3.00. The van der Waals surface area contributed by atoms with E-state index in [0.29, 0.717) is 18.5 Å². The van der Waals surface area contributed by atoms with Gasteiger partial charge < -0.3 is 10.1 Å². The number of Topliss-reactive ketones (excluding diaryl/α,β-unsaturated/α-hetero) is 1. The van der Waals surface area contributed by atoms with E-state index in [1.165, 1.54) is 0 Å². The third kappa shape index (κ3) is 3.80. The van der Waals surface area contributed by atoms with Gasteiger partial charge >= 0.3 is 0 Å². The molecule has 0 amide bonds. The lowest BCUT2D eigenvalue weighted by Crippen LogP contribution is -2.18. The number of rotatable bonds is 5. The van der Waals surface area contributed by atoms with Crippen molar-refractivity contribution in [3.05, 3.63) is 28.8 Å². The molecule has 0 heterocycles. The van der Waals surface area contributed by atoms with Gasteiger partial charge in [0.15, 0.2) is 5.78 Å².